The van der Waals surface area contributed by atoms with Gasteiger partial charge in [0.2, 0.25) is 5.91 Å². The molecule has 0 spiro atoms. The highest BCUT2D eigenvalue weighted by Gasteiger charge is 2.36. The number of carbonyl (C=O) groups excluding carboxylic acids is 2. The second-order valence-electron chi connectivity index (χ2n) is 7.30. The number of carbonyl (C=O) groups is 2. The van der Waals surface area contributed by atoms with Gasteiger partial charge in [0.05, 0.1) is 0 Å². The van der Waals surface area contributed by atoms with Crippen molar-refractivity contribution in [2.75, 3.05) is 11.9 Å². The molecule has 2 aromatic rings. The second kappa shape index (κ2) is 7.73. The molecule has 0 aromatic heterocycles. The van der Waals surface area contributed by atoms with Crippen molar-refractivity contribution in [2.24, 2.45) is 0 Å². The first-order chi connectivity index (χ1) is 12.5. The standard InChI is InChI=1S/C22H26N2O2/c1-16-6-5-7-19(14-16)22(12-3-4-13-22)15-23-21(26)18-8-10-20(11-9-18)24-17(2)25/h5-11,14H,3-4,12-13,15H2,1-2H3,(H,23,26)(H,24,25). The van der Waals surface area contributed by atoms with Gasteiger partial charge in [0.15, 0.2) is 0 Å². The SMILES string of the molecule is CC(=O)Nc1ccc(C(=O)NCC2(c3cccc(C)c3)CCCC2)cc1. The van der Waals surface area contributed by atoms with Crippen molar-refractivity contribution in [3.05, 3.63) is 65.2 Å². The molecular weight excluding hydrogens is 324 g/mol. The van der Waals surface area contributed by atoms with Crippen LogP contribution in [0.5, 0.6) is 0 Å². The summed E-state index contributed by atoms with van der Waals surface area (Å²) in [6.45, 7) is 4.23. The number of benzene rings is 2. The number of hydrogen-bond donors (Lipinski definition) is 2. The highest BCUT2D eigenvalue weighted by molar-refractivity contribution is 5.95. The van der Waals surface area contributed by atoms with Crippen LogP contribution in [-0.2, 0) is 10.2 Å². The number of amides is 2. The zero-order valence-electron chi connectivity index (χ0n) is 15.5. The van der Waals surface area contributed by atoms with E-state index in [9.17, 15) is 9.59 Å². The Labute approximate surface area is 155 Å². The van der Waals surface area contributed by atoms with E-state index >= 15 is 0 Å². The van der Waals surface area contributed by atoms with Crippen molar-refractivity contribution < 1.29 is 9.59 Å². The summed E-state index contributed by atoms with van der Waals surface area (Å²) in [6.07, 6.45) is 4.63. The minimum absolute atomic E-state index is 0.0395. The van der Waals surface area contributed by atoms with Gasteiger partial charge in [0.25, 0.3) is 5.91 Å². The fourth-order valence-corrected chi connectivity index (χ4v) is 3.85. The Balaban J connectivity index is 1.69. The molecule has 0 radical (unpaired) electrons. The fraction of sp³-hybridized carbons (Fsp3) is 0.364. The number of nitrogens with one attached hydrogen (secondary N) is 2. The third kappa shape index (κ3) is 4.13. The topological polar surface area (TPSA) is 58.2 Å². The minimum Gasteiger partial charge on any atom is -0.351 e. The number of anilines is 1. The number of aryl methyl sites for hydroxylation is 1. The van der Waals surface area contributed by atoms with Gasteiger partial charge in [-0.3, -0.25) is 9.59 Å². The molecule has 0 unspecified atom stereocenters. The van der Waals surface area contributed by atoms with Gasteiger partial charge in [-0.2, -0.15) is 0 Å². The predicted octanol–water partition coefficient (Wildman–Crippen LogP) is 4.20. The van der Waals surface area contributed by atoms with E-state index in [1.54, 1.807) is 24.3 Å². The Morgan fingerprint density at radius 3 is 2.35 bits per heavy atom. The van der Waals surface area contributed by atoms with Crippen LogP contribution in [0.1, 0.15) is 54.1 Å². The molecule has 0 bridgehead atoms. The third-order valence-electron chi connectivity index (χ3n) is 5.25. The Kier molecular flexibility index (Phi) is 5.40. The van der Waals surface area contributed by atoms with Gasteiger partial charge in [-0.25, -0.2) is 0 Å². The Hall–Kier alpha value is -2.62. The summed E-state index contributed by atoms with van der Waals surface area (Å²) < 4.78 is 0. The van der Waals surface area contributed by atoms with E-state index in [2.05, 4.69) is 41.8 Å². The maximum atomic E-state index is 12.6. The van der Waals surface area contributed by atoms with E-state index in [-0.39, 0.29) is 17.2 Å². The lowest BCUT2D eigenvalue weighted by Crippen LogP contribution is -2.39. The van der Waals surface area contributed by atoms with Crippen LogP contribution < -0.4 is 10.6 Å². The monoisotopic (exact) mass is 350 g/mol. The average Bonchev–Trinajstić information content (AvgIpc) is 3.10. The molecule has 1 aliphatic rings. The molecule has 2 aromatic carbocycles. The van der Waals surface area contributed by atoms with Gasteiger partial charge in [-0.15, -0.1) is 0 Å². The molecule has 1 fully saturated rings. The molecule has 0 saturated heterocycles. The second-order valence-corrected chi connectivity index (χ2v) is 7.30. The Morgan fingerprint density at radius 2 is 1.73 bits per heavy atom. The number of hydrogen-bond acceptors (Lipinski definition) is 2. The summed E-state index contributed by atoms with van der Waals surface area (Å²) in [7, 11) is 0. The van der Waals surface area contributed by atoms with Crippen LogP contribution in [0.4, 0.5) is 5.69 Å². The first kappa shape index (κ1) is 18.2. The maximum absolute atomic E-state index is 12.6. The highest BCUT2D eigenvalue weighted by Crippen LogP contribution is 2.40. The highest BCUT2D eigenvalue weighted by atomic mass is 16.2. The summed E-state index contributed by atoms with van der Waals surface area (Å²) in [5.74, 6) is -0.193. The van der Waals surface area contributed by atoms with Crippen molar-refractivity contribution in [1.29, 1.82) is 0 Å². The minimum atomic E-state index is -0.122. The van der Waals surface area contributed by atoms with Crippen molar-refractivity contribution in [3.8, 4) is 0 Å². The Morgan fingerprint density at radius 1 is 1.04 bits per heavy atom. The number of rotatable bonds is 5. The largest absolute Gasteiger partial charge is 0.351 e. The maximum Gasteiger partial charge on any atom is 0.251 e. The van der Waals surface area contributed by atoms with Gasteiger partial charge < -0.3 is 10.6 Å². The molecule has 136 valence electrons. The molecular formula is C22H26N2O2. The van der Waals surface area contributed by atoms with Crippen molar-refractivity contribution in [3.63, 3.8) is 0 Å². The molecule has 2 amide bonds. The first-order valence-corrected chi connectivity index (χ1v) is 9.22. The lowest BCUT2D eigenvalue weighted by molar-refractivity contribution is -0.114. The summed E-state index contributed by atoms with van der Waals surface area (Å²) >= 11 is 0. The van der Waals surface area contributed by atoms with Crippen LogP contribution >= 0.6 is 0 Å². The lowest BCUT2D eigenvalue weighted by Gasteiger charge is -2.30. The van der Waals surface area contributed by atoms with E-state index in [4.69, 9.17) is 0 Å². The van der Waals surface area contributed by atoms with Crippen LogP contribution in [0.25, 0.3) is 0 Å². The van der Waals surface area contributed by atoms with Crippen molar-refractivity contribution in [1.82, 2.24) is 5.32 Å². The molecule has 26 heavy (non-hydrogen) atoms. The van der Waals surface area contributed by atoms with Gasteiger partial charge in [-0.1, -0.05) is 42.7 Å². The smallest absolute Gasteiger partial charge is 0.251 e. The quantitative estimate of drug-likeness (QED) is 0.849. The van der Waals surface area contributed by atoms with E-state index in [1.807, 2.05) is 0 Å². The molecule has 0 aliphatic heterocycles. The van der Waals surface area contributed by atoms with Crippen LogP contribution in [0.2, 0.25) is 0 Å². The van der Waals surface area contributed by atoms with E-state index in [0.29, 0.717) is 17.8 Å². The lowest BCUT2D eigenvalue weighted by atomic mass is 9.78. The van der Waals surface area contributed by atoms with Crippen LogP contribution in [0, 0.1) is 6.92 Å². The Bertz CT molecular complexity index is 790. The zero-order chi connectivity index (χ0) is 18.6. The third-order valence-corrected chi connectivity index (χ3v) is 5.25. The molecule has 0 heterocycles. The van der Waals surface area contributed by atoms with E-state index in [0.717, 1.165) is 12.8 Å². The fourth-order valence-electron chi connectivity index (χ4n) is 3.85. The molecule has 2 N–H and O–H groups in total. The zero-order valence-corrected chi connectivity index (χ0v) is 15.5. The molecule has 4 heteroatoms. The van der Waals surface area contributed by atoms with Gasteiger partial charge in [0, 0.05) is 30.1 Å². The van der Waals surface area contributed by atoms with Crippen LogP contribution in [-0.4, -0.2) is 18.4 Å². The first-order valence-electron chi connectivity index (χ1n) is 9.22. The molecule has 3 rings (SSSR count). The average molecular weight is 350 g/mol. The van der Waals surface area contributed by atoms with Crippen molar-refractivity contribution >= 4 is 17.5 Å². The van der Waals surface area contributed by atoms with Crippen LogP contribution in [0.3, 0.4) is 0 Å². The summed E-state index contributed by atoms with van der Waals surface area (Å²) in [4.78, 5) is 23.7. The molecule has 1 aliphatic carbocycles. The normalized spacial score (nSPS) is 15.5. The van der Waals surface area contributed by atoms with E-state index < -0.39 is 0 Å². The van der Waals surface area contributed by atoms with Gasteiger partial charge in [-0.05, 0) is 49.6 Å². The van der Waals surface area contributed by atoms with E-state index in [1.165, 1.54) is 30.9 Å². The summed E-state index contributed by atoms with van der Waals surface area (Å²) in [6, 6.07) is 15.6. The molecule has 1 saturated carbocycles. The predicted molar refractivity (Wildman–Crippen MR) is 104 cm³/mol. The summed E-state index contributed by atoms with van der Waals surface area (Å²) in [5, 5.41) is 5.84. The van der Waals surface area contributed by atoms with Crippen LogP contribution in [0.15, 0.2) is 48.5 Å². The summed E-state index contributed by atoms with van der Waals surface area (Å²) in [5.41, 5.74) is 3.93. The molecule has 4 nitrogen and oxygen atoms in total. The van der Waals surface area contributed by atoms with Crippen molar-refractivity contribution in [2.45, 2.75) is 44.9 Å². The van der Waals surface area contributed by atoms with Gasteiger partial charge >= 0.3 is 0 Å². The molecule has 0 atom stereocenters. The van der Waals surface area contributed by atoms with Gasteiger partial charge in [0.1, 0.15) is 0 Å².